The number of alkyl halides is 1. The predicted molar refractivity (Wildman–Crippen MR) is 157 cm³/mol. The van der Waals surface area contributed by atoms with E-state index in [0.717, 1.165) is 16.8 Å². The van der Waals surface area contributed by atoms with Gasteiger partial charge in [0.2, 0.25) is 0 Å². The molecular formula is C30H35BrClNOSi. The highest BCUT2D eigenvalue weighted by atomic mass is 79.9. The van der Waals surface area contributed by atoms with E-state index in [1.54, 1.807) is 0 Å². The van der Waals surface area contributed by atoms with Crippen LogP contribution in [-0.2, 0) is 17.5 Å². The van der Waals surface area contributed by atoms with Gasteiger partial charge < -0.3 is 8.99 Å². The van der Waals surface area contributed by atoms with E-state index in [2.05, 4.69) is 127 Å². The van der Waals surface area contributed by atoms with E-state index in [1.807, 2.05) is 6.07 Å². The summed E-state index contributed by atoms with van der Waals surface area (Å²) < 4.78 is 9.36. The van der Waals surface area contributed by atoms with Gasteiger partial charge in [0, 0.05) is 26.9 Å². The standard InChI is InChI=1S/C30H35BrClNOSi/c1-30(2,3)35(4,5)34-21-28-25(18-19-31)26-20-24(32)16-17-27(26)33(28)29(22-12-8-6-9-13-22)23-14-10-7-11-15-23/h6-17,20,29H,18-19,21H2,1-5H3. The van der Waals surface area contributed by atoms with Crippen molar-refractivity contribution < 1.29 is 4.43 Å². The van der Waals surface area contributed by atoms with Crippen LogP contribution in [0.5, 0.6) is 0 Å². The SMILES string of the molecule is CC(C)(C)[Si](C)(C)OCc1c(CCBr)c2cc(Cl)ccc2n1C(c1ccccc1)c1ccccc1. The summed E-state index contributed by atoms with van der Waals surface area (Å²) in [5.41, 5.74) is 6.25. The van der Waals surface area contributed by atoms with E-state index >= 15 is 0 Å². The van der Waals surface area contributed by atoms with E-state index in [9.17, 15) is 0 Å². The molecule has 0 fully saturated rings. The van der Waals surface area contributed by atoms with Gasteiger partial charge in [0.15, 0.2) is 8.32 Å². The molecule has 5 heteroatoms. The van der Waals surface area contributed by atoms with Gasteiger partial charge >= 0.3 is 0 Å². The molecule has 0 N–H and O–H groups in total. The molecule has 2 nitrogen and oxygen atoms in total. The average molecular weight is 569 g/mol. The summed E-state index contributed by atoms with van der Waals surface area (Å²) in [5, 5.41) is 2.99. The van der Waals surface area contributed by atoms with Gasteiger partial charge in [-0.1, -0.05) is 109 Å². The number of nitrogens with zero attached hydrogens (tertiary/aromatic N) is 1. The summed E-state index contributed by atoms with van der Waals surface area (Å²) >= 11 is 10.2. The first-order valence-corrected chi connectivity index (χ1v) is 16.7. The van der Waals surface area contributed by atoms with Crippen LogP contribution in [0.2, 0.25) is 23.2 Å². The third-order valence-corrected chi connectivity index (χ3v) is 12.5. The van der Waals surface area contributed by atoms with Crippen molar-refractivity contribution in [1.82, 2.24) is 4.57 Å². The summed E-state index contributed by atoms with van der Waals surface area (Å²) in [7, 11) is -1.96. The number of aryl methyl sites for hydroxylation is 1. The Morgan fingerprint density at radius 1 is 0.914 bits per heavy atom. The van der Waals surface area contributed by atoms with E-state index in [0.29, 0.717) is 6.61 Å². The van der Waals surface area contributed by atoms with Gasteiger partial charge in [-0.3, -0.25) is 0 Å². The van der Waals surface area contributed by atoms with Crippen molar-refractivity contribution >= 4 is 46.8 Å². The quantitative estimate of drug-likeness (QED) is 0.152. The maximum Gasteiger partial charge on any atom is 0.192 e. The Labute approximate surface area is 224 Å². The number of hydrogen-bond acceptors (Lipinski definition) is 1. The lowest BCUT2D eigenvalue weighted by Gasteiger charge is -2.36. The Balaban J connectivity index is 2.00. The lowest BCUT2D eigenvalue weighted by Crippen LogP contribution is -2.40. The first kappa shape index (κ1) is 26.2. The fourth-order valence-electron chi connectivity index (χ4n) is 4.46. The number of halogens is 2. The van der Waals surface area contributed by atoms with E-state index < -0.39 is 8.32 Å². The van der Waals surface area contributed by atoms with Crippen LogP contribution in [0.15, 0.2) is 78.9 Å². The molecule has 35 heavy (non-hydrogen) atoms. The monoisotopic (exact) mass is 567 g/mol. The fourth-order valence-corrected chi connectivity index (χ4v) is 5.96. The normalized spacial score (nSPS) is 12.6. The lowest BCUT2D eigenvalue weighted by molar-refractivity contribution is 0.265. The van der Waals surface area contributed by atoms with E-state index in [1.165, 1.54) is 33.3 Å². The van der Waals surface area contributed by atoms with Gasteiger partial charge in [-0.15, -0.1) is 0 Å². The smallest absolute Gasteiger partial charge is 0.192 e. The molecule has 0 aliphatic heterocycles. The van der Waals surface area contributed by atoms with Crippen LogP contribution in [0.1, 0.15) is 49.2 Å². The molecule has 0 unspecified atom stereocenters. The van der Waals surface area contributed by atoms with Crippen LogP contribution in [0.3, 0.4) is 0 Å². The highest BCUT2D eigenvalue weighted by molar-refractivity contribution is 9.09. The molecule has 0 atom stereocenters. The molecule has 0 bridgehead atoms. The summed E-state index contributed by atoms with van der Waals surface area (Å²) in [6.07, 6.45) is 0.913. The maximum atomic E-state index is 6.86. The second-order valence-electron chi connectivity index (χ2n) is 10.7. The van der Waals surface area contributed by atoms with Crippen molar-refractivity contribution in [1.29, 1.82) is 0 Å². The molecule has 1 aromatic heterocycles. The summed E-state index contributed by atoms with van der Waals surface area (Å²) in [4.78, 5) is 0. The van der Waals surface area contributed by atoms with Crippen molar-refractivity contribution in [3.63, 3.8) is 0 Å². The van der Waals surface area contributed by atoms with Gasteiger partial charge in [-0.05, 0) is 59.4 Å². The molecule has 0 aliphatic rings. The van der Waals surface area contributed by atoms with E-state index in [-0.39, 0.29) is 11.1 Å². The largest absolute Gasteiger partial charge is 0.411 e. The first-order valence-electron chi connectivity index (χ1n) is 12.2. The molecule has 0 amide bonds. The van der Waals surface area contributed by atoms with E-state index in [4.69, 9.17) is 16.0 Å². The van der Waals surface area contributed by atoms with Crippen molar-refractivity contribution in [3.05, 3.63) is 106 Å². The number of aromatic nitrogens is 1. The zero-order valence-corrected chi connectivity index (χ0v) is 24.7. The van der Waals surface area contributed by atoms with Crippen molar-refractivity contribution in [2.75, 3.05) is 5.33 Å². The summed E-state index contributed by atoms with van der Waals surface area (Å²) in [6, 6.07) is 27.9. The van der Waals surface area contributed by atoms with Crippen LogP contribution >= 0.6 is 27.5 Å². The molecule has 0 aliphatic carbocycles. The summed E-state index contributed by atoms with van der Waals surface area (Å²) in [6.45, 7) is 12.1. The Hall–Kier alpha value is -1.85. The third-order valence-electron chi connectivity index (χ3n) is 7.39. The second-order valence-corrected chi connectivity index (χ2v) is 16.7. The van der Waals surface area contributed by atoms with Crippen LogP contribution in [0.25, 0.3) is 10.9 Å². The summed E-state index contributed by atoms with van der Waals surface area (Å²) in [5.74, 6) is 0. The van der Waals surface area contributed by atoms with Gasteiger partial charge in [-0.2, -0.15) is 0 Å². The van der Waals surface area contributed by atoms with Crippen LogP contribution < -0.4 is 0 Å². The zero-order chi connectivity index (χ0) is 25.2. The molecule has 1 heterocycles. The van der Waals surface area contributed by atoms with Crippen molar-refractivity contribution in [2.24, 2.45) is 0 Å². The molecule has 4 aromatic rings. The zero-order valence-electron chi connectivity index (χ0n) is 21.3. The molecule has 4 rings (SSSR count). The molecule has 0 saturated heterocycles. The van der Waals surface area contributed by atoms with Gasteiger partial charge in [0.05, 0.1) is 12.6 Å². The number of fused-ring (bicyclic) bond motifs is 1. The minimum absolute atomic E-state index is 0.0307. The lowest BCUT2D eigenvalue weighted by atomic mass is 9.98. The topological polar surface area (TPSA) is 14.2 Å². The first-order chi connectivity index (χ1) is 16.6. The molecular weight excluding hydrogens is 534 g/mol. The van der Waals surface area contributed by atoms with Gasteiger partial charge in [-0.25, -0.2) is 0 Å². The van der Waals surface area contributed by atoms with Crippen molar-refractivity contribution in [2.45, 2.75) is 58.0 Å². The Bertz CT molecular complexity index is 1240. The average Bonchev–Trinajstić information content (AvgIpc) is 3.11. The minimum atomic E-state index is -1.96. The number of hydrogen-bond donors (Lipinski definition) is 0. The minimum Gasteiger partial charge on any atom is -0.411 e. The maximum absolute atomic E-state index is 6.86. The Morgan fingerprint density at radius 2 is 1.49 bits per heavy atom. The third kappa shape index (κ3) is 5.46. The fraction of sp³-hybridized carbons (Fsp3) is 0.333. The number of rotatable bonds is 8. The molecule has 0 radical (unpaired) electrons. The molecule has 0 spiro atoms. The van der Waals surface area contributed by atoms with Gasteiger partial charge in [0.25, 0.3) is 0 Å². The number of benzene rings is 3. The second kappa shape index (κ2) is 10.6. The van der Waals surface area contributed by atoms with Crippen LogP contribution in [0.4, 0.5) is 0 Å². The van der Waals surface area contributed by atoms with Crippen LogP contribution in [-0.4, -0.2) is 18.2 Å². The van der Waals surface area contributed by atoms with Crippen LogP contribution in [0, 0.1) is 0 Å². The van der Waals surface area contributed by atoms with Crippen molar-refractivity contribution in [3.8, 4) is 0 Å². The highest BCUT2D eigenvalue weighted by Crippen LogP contribution is 2.41. The molecule has 3 aromatic carbocycles. The Morgan fingerprint density at radius 3 is 2.00 bits per heavy atom. The highest BCUT2D eigenvalue weighted by Gasteiger charge is 2.38. The predicted octanol–water partition coefficient (Wildman–Crippen LogP) is 9.39. The molecule has 184 valence electrons. The Kier molecular flexibility index (Phi) is 7.97. The van der Waals surface area contributed by atoms with Gasteiger partial charge in [0.1, 0.15) is 0 Å². The molecule has 0 saturated carbocycles.